The van der Waals surface area contributed by atoms with Crippen LogP contribution in [-0.4, -0.2) is 6.04 Å². The zero-order chi connectivity index (χ0) is 11.6. The number of halogens is 4. The summed E-state index contributed by atoms with van der Waals surface area (Å²) in [4.78, 5) is 0. The fourth-order valence-electron chi connectivity index (χ4n) is 1.24. The lowest BCUT2D eigenvalue weighted by atomic mass is 10.0. The molecule has 15 heavy (non-hydrogen) atoms. The summed E-state index contributed by atoms with van der Waals surface area (Å²) in [7, 11) is 0. The van der Waals surface area contributed by atoms with Crippen molar-refractivity contribution in [1.82, 2.24) is 0 Å². The van der Waals surface area contributed by atoms with Crippen molar-refractivity contribution in [2.24, 2.45) is 5.73 Å². The summed E-state index contributed by atoms with van der Waals surface area (Å²) in [5.41, 5.74) is 4.66. The molecule has 0 aliphatic rings. The molecule has 0 saturated heterocycles. The highest BCUT2D eigenvalue weighted by molar-refractivity contribution is 5.26. The summed E-state index contributed by atoms with van der Waals surface area (Å²) in [6.45, 7) is 1.66. The Balaban J connectivity index is 2.98. The summed E-state index contributed by atoms with van der Waals surface area (Å²) >= 11 is 0. The number of benzene rings is 1. The summed E-state index contributed by atoms with van der Waals surface area (Å²) in [6.07, 6.45) is -4.28. The fourth-order valence-corrected chi connectivity index (χ4v) is 1.24. The molecule has 5 heteroatoms. The van der Waals surface area contributed by atoms with E-state index in [0.29, 0.717) is 6.07 Å². The van der Waals surface area contributed by atoms with E-state index in [2.05, 4.69) is 0 Å². The number of hydrogen-bond donors (Lipinski definition) is 1. The summed E-state index contributed by atoms with van der Waals surface area (Å²) in [5.74, 6) is -0.859. The molecular weight excluding hydrogens is 210 g/mol. The van der Waals surface area contributed by atoms with E-state index in [-0.39, 0.29) is 18.0 Å². The highest BCUT2D eigenvalue weighted by atomic mass is 19.4. The van der Waals surface area contributed by atoms with Gasteiger partial charge in [0.15, 0.2) is 0 Å². The van der Waals surface area contributed by atoms with E-state index in [9.17, 15) is 17.6 Å². The van der Waals surface area contributed by atoms with Crippen molar-refractivity contribution in [3.8, 4) is 0 Å². The molecule has 1 atom stereocenters. The van der Waals surface area contributed by atoms with Crippen molar-refractivity contribution >= 4 is 0 Å². The standard InChI is InChI=1S/C10H11F4N/c1-6(15)4-7-2-3-8(5-9(7)11)10(12,13)14/h2-3,5-6H,4,15H2,1H3. The molecule has 1 unspecified atom stereocenters. The van der Waals surface area contributed by atoms with Crippen LogP contribution in [0.25, 0.3) is 0 Å². The quantitative estimate of drug-likeness (QED) is 0.763. The highest BCUT2D eigenvalue weighted by Gasteiger charge is 2.31. The number of rotatable bonds is 2. The van der Waals surface area contributed by atoms with Crippen molar-refractivity contribution in [3.05, 3.63) is 35.1 Å². The van der Waals surface area contributed by atoms with Crippen LogP contribution in [-0.2, 0) is 12.6 Å². The lowest BCUT2D eigenvalue weighted by Gasteiger charge is -2.10. The highest BCUT2D eigenvalue weighted by Crippen LogP contribution is 2.30. The molecule has 1 nitrogen and oxygen atoms in total. The molecule has 0 spiro atoms. The second kappa shape index (κ2) is 4.18. The Morgan fingerprint density at radius 1 is 1.33 bits per heavy atom. The van der Waals surface area contributed by atoms with Crippen molar-refractivity contribution in [2.45, 2.75) is 25.6 Å². The van der Waals surface area contributed by atoms with Gasteiger partial charge in [-0.05, 0) is 31.0 Å². The van der Waals surface area contributed by atoms with Gasteiger partial charge in [0.25, 0.3) is 0 Å². The van der Waals surface area contributed by atoms with E-state index in [1.54, 1.807) is 6.92 Å². The first kappa shape index (κ1) is 12.0. The Bertz CT molecular complexity index is 344. The van der Waals surface area contributed by atoms with E-state index < -0.39 is 17.6 Å². The van der Waals surface area contributed by atoms with Crippen molar-refractivity contribution in [3.63, 3.8) is 0 Å². The zero-order valence-electron chi connectivity index (χ0n) is 8.11. The van der Waals surface area contributed by atoms with Gasteiger partial charge in [0.1, 0.15) is 5.82 Å². The van der Waals surface area contributed by atoms with Gasteiger partial charge in [-0.3, -0.25) is 0 Å². The molecule has 0 saturated carbocycles. The molecule has 1 aromatic carbocycles. The molecule has 0 aromatic heterocycles. The van der Waals surface area contributed by atoms with Crippen LogP contribution < -0.4 is 5.73 Å². The van der Waals surface area contributed by atoms with Gasteiger partial charge in [-0.15, -0.1) is 0 Å². The summed E-state index contributed by atoms with van der Waals surface area (Å²) in [6, 6.07) is 2.20. The smallest absolute Gasteiger partial charge is 0.328 e. The summed E-state index contributed by atoms with van der Waals surface area (Å²) in [5, 5.41) is 0. The molecule has 1 rings (SSSR count). The monoisotopic (exact) mass is 221 g/mol. The minimum absolute atomic E-state index is 0.206. The Morgan fingerprint density at radius 2 is 1.93 bits per heavy atom. The molecule has 0 bridgehead atoms. The van der Waals surface area contributed by atoms with Crippen LogP contribution in [0.1, 0.15) is 18.1 Å². The second-order valence-electron chi connectivity index (χ2n) is 3.49. The van der Waals surface area contributed by atoms with Crippen molar-refractivity contribution < 1.29 is 17.6 Å². The molecule has 2 N–H and O–H groups in total. The number of alkyl halides is 3. The van der Waals surface area contributed by atoms with Crippen LogP contribution in [0.15, 0.2) is 18.2 Å². The Labute approximate surface area is 84.9 Å². The third-order valence-corrected chi connectivity index (χ3v) is 1.92. The summed E-state index contributed by atoms with van der Waals surface area (Å²) < 4.78 is 49.7. The largest absolute Gasteiger partial charge is 0.416 e. The maximum atomic E-state index is 13.2. The van der Waals surface area contributed by atoms with Gasteiger partial charge in [-0.2, -0.15) is 13.2 Å². The van der Waals surface area contributed by atoms with Crippen molar-refractivity contribution in [2.75, 3.05) is 0 Å². The van der Waals surface area contributed by atoms with E-state index in [1.807, 2.05) is 0 Å². The first-order valence-corrected chi connectivity index (χ1v) is 4.42. The van der Waals surface area contributed by atoms with E-state index in [1.165, 1.54) is 0 Å². The van der Waals surface area contributed by atoms with Crippen LogP contribution in [0, 0.1) is 5.82 Å². The molecule has 84 valence electrons. The molecule has 0 aliphatic heterocycles. The van der Waals surface area contributed by atoms with Gasteiger partial charge in [0.2, 0.25) is 0 Å². The second-order valence-corrected chi connectivity index (χ2v) is 3.49. The van der Waals surface area contributed by atoms with Crippen LogP contribution >= 0.6 is 0 Å². The average Bonchev–Trinajstić information content (AvgIpc) is 2.05. The molecule has 0 aliphatic carbocycles. The van der Waals surface area contributed by atoms with Gasteiger partial charge < -0.3 is 5.73 Å². The van der Waals surface area contributed by atoms with Crippen LogP contribution in [0.5, 0.6) is 0 Å². The topological polar surface area (TPSA) is 26.0 Å². The fraction of sp³-hybridized carbons (Fsp3) is 0.400. The van der Waals surface area contributed by atoms with E-state index >= 15 is 0 Å². The van der Waals surface area contributed by atoms with Gasteiger partial charge in [-0.25, -0.2) is 4.39 Å². The molecule has 0 radical (unpaired) electrons. The van der Waals surface area contributed by atoms with Gasteiger partial charge in [-0.1, -0.05) is 6.07 Å². The number of nitrogens with two attached hydrogens (primary N) is 1. The van der Waals surface area contributed by atoms with Crippen LogP contribution in [0.4, 0.5) is 17.6 Å². The lowest BCUT2D eigenvalue weighted by molar-refractivity contribution is -0.137. The SMILES string of the molecule is CC(N)Cc1ccc(C(F)(F)F)cc1F. The maximum absolute atomic E-state index is 13.2. The predicted molar refractivity (Wildman–Crippen MR) is 48.8 cm³/mol. The maximum Gasteiger partial charge on any atom is 0.416 e. The molecule has 0 heterocycles. The van der Waals surface area contributed by atoms with E-state index in [0.717, 1.165) is 12.1 Å². The van der Waals surface area contributed by atoms with Crippen molar-refractivity contribution in [1.29, 1.82) is 0 Å². The van der Waals surface area contributed by atoms with Gasteiger partial charge in [0.05, 0.1) is 5.56 Å². The van der Waals surface area contributed by atoms with Gasteiger partial charge in [0, 0.05) is 6.04 Å². The predicted octanol–water partition coefficient (Wildman–Crippen LogP) is 2.73. The minimum atomic E-state index is -4.51. The Morgan fingerprint density at radius 3 is 2.33 bits per heavy atom. The van der Waals surface area contributed by atoms with Gasteiger partial charge >= 0.3 is 6.18 Å². The Kier molecular flexibility index (Phi) is 3.34. The Hall–Kier alpha value is -1.10. The third-order valence-electron chi connectivity index (χ3n) is 1.92. The average molecular weight is 221 g/mol. The molecule has 1 aromatic rings. The first-order chi connectivity index (χ1) is 6.80. The minimum Gasteiger partial charge on any atom is -0.328 e. The lowest BCUT2D eigenvalue weighted by Crippen LogP contribution is -2.18. The molecule has 0 amide bonds. The molecular formula is C10H11F4N. The van der Waals surface area contributed by atoms with Crippen LogP contribution in [0.2, 0.25) is 0 Å². The normalized spacial score (nSPS) is 14.0. The number of hydrogen-bond acceptors (Lipinski definition) is 1. The van der Waals surface area contributed by atoms with E-state index in [4.69, 9.17) is 5.73 Å². The first-order valence-electron chi connectivity index (χ1n) is 4.42. The third kappa shape index (κ3) is 3.20. The molecule has 0 fully saturated rings. The van der Waals surface area contributed by atoms with Crippen LogP contribution in [0.3, 0.4) is 0 Å². The zero-order valence-corrected chi connectivity index (χ0v) is 8.11.